The predicted octanol–water partition coefficient (Wildman–Crippen LogP) is 13.8. The first-order valence-corrected chi connectivity index (χ1v) is 17.6. The number of furan rings is 1. The highest BCUT2D eigenvalue weighted by molar-refractivity contribution is 6.07. The van der Waals surface area contributed by atoms with Crippen molar-refractivity contribution < 1.29 is 4.42 Å². The second-order valence-electron chi connectivity index (χ2n) is 13.2. The third kappa shape index (κ3) is 5.28. The highest BCUT2D eigenvalue weighted by atomic mass is 16.3. The van der Waals surface area contributed by atoms with Crippen molar-refractivity contribution in [3.8, 4) is 33.4 Å². The third-order valence-electron chi connectivity index (χ3n) is 10.0. The minimum Gasteiger partial charge on any atom is -0.454 e. The summed E-state index contributed by atoms with van der Waals surface area (Å²) in [6.45, 7) is 0. The number of fused-ring (bicyclic) bond motifs is 5. The maximum Gasteiger partial charge on any atom is 0.154 e. The molecule has 0 unspecified atom stereocenters. The van der Waals surface area contributed by atoms with Gasteiger partial charge >= 0.3 is 0 Å². The van der Waals surface area contributed by atoms with Gasteiger partial charge in [0.2, 0.25) is 0 Å². The molecule has 0 aliphatic carbocycles. The van der Waals surface area contributed by atoms with Crippen LogP contribution in [0.15, 0.2) is 199 Å². The Kier molecular flexibility index (Phi) is 7.14. The molecule has 2 heterocycles. The number of benzene rings is 8. The Bertz CT molecular complexity index is 2880. The van der Waals surface area contributed by atoms with E-state index in [1.54, 1.807) is 0 Å². The molecule has 0 atom stereocenters. The normalized spacial score (nSPS) is 11.5. The van der Waals surface area contributed by atoms with Crippen LogP contribution in [0.4, 0.5) is 17.1 Å². The lowest BCUT2D eigenvalue weighted by Crippen LogP contribution is -2.09. The minimum atomic E-state index is 0.791. The van der Waals surface area contributed by atoms with Crippen molar-refractivity contribution in [3.05, 3.63) is 194 Å². The summed E-state index contributed by atoms with van der Waals surface area (Å²) < 4.78 is 6.33. The minimum absolute atomic E-state index is 0.791. The van der Waals surface area contributed by atoms with Crippen molar-refractivity contribution in [3.63, 3.8) is 0 Å². The van der Waals surface area contributed by atoms with Crippen molar-refractivity contribution in [1.29, 1.82) is 0 Å². The Morgan fingerprint density at radius 1 is 0.365 bits per heavy atom. The van der Waals surface area contributed by atoms with Gasteiger partial charge in [0.15, 0.2) is 5.58 Å². The largest absolute Gasteiger partial charge is 0.454 e. The van der Waals surface area contributed by atoms with Crippen LogP contribution >= 0.6 is 0 Å². The van der Waals surface area contributed by atoms with Gasteiger partial charge in [0.05, 0.1) is 5.52 Å². The number of pyridine rings is 1. The van der Waals surface area contributed by atoms with E-state index >= 15 is 0 Å². The molecule has 52 heavy (non-hydrogen) atoms. The highest BCUT2D eigenvalue weighted by Gasteiger charge is 2.17. The molecule has 3 nitrogen and oxygen atoms in total. The second-order valence-corrected chi connectivity index (χ2v) is 13.2. The third-order valence-corrected chi connectivity index (χ3v) is 10.0. The van der Waals surface area contributed by atoms with Gasteiger partial charge in [0.25, 0.3) is 0 Å². The first kappa shape index (κ1) is 29.9. The highest BCUT2D eigenvalue weighted by Crippen LogP contribution is 2.41. The van der Waals surface area contributed by atoms with E-state index in [2.05, 4.69) is 187 Å². The fraction of sp³-hybridized carbons (Fsp3) is 0. The van der Waals surface area contributed by atoms with E-state index in [0.717, 1.165) is 50.0 Å². The molecule has 0 bridgehead atoms. The van der Waals surface area contributed by atoms with Crippen molar-refractivity contribution >= 4 is 60.8 Å². The van der Waals surface area contributed by atoms with E-state index in [-0.39, 0.29) is 0 Å². The SMILES string of the molecule is c1ccc(-c2cccc(-c3ccc(N(c4ccc(-c5cccc6ccccc56)cc4)c4ccc5oc6cc7ccccc7nc6c5c4)cc3)c2)cc1. The summed E-state index contributed by atoms with van der Waals surface area (Å²) in [5.74, 6) is 0. The monoisotopic (exact) mass is 664 g/mol. The second kappa shape index (κ2) is 12.4. The fourth-order valence-electron chi connectivity index (χ4n) is 7.44. The molecule has 0 spiro atoms. The molecular weight excluding hydrogens is 633 g/mol. The Morgan fingerprint density at radius 2 is 0.962 bits per heavy atom. The fourth-order valence-corrected chi connectivity index (χ4v) is 7.44. The quantitative estimate of drug-likeness (QED) is 0.177. The number of hydrogen-bond acceptors (Lipinski definition) is 3. The molecule has 8 aromatic carbocycles. The summed E-state index contributed by atoms with van der Waals surface area (Å²) in [5, 5.41) is 4.54. The van der Waals surface area contributed by atoms with E-state index < -0.39 is 0 Å². The summed E-state index contributed by atoms with van der Waals surface area (Å²) in [4.78, 5) is 7.36. The lowest BCUT2D eigenvalue weighted by atomic mass is 9.98. The summed E-state index contributed by atoms with van der Waals surface area (Å²) in [5.41, 5.74) is 13.8. The molecule has 0 saturated heterocycles. The van der Waals surface area contributed by atoms with Crippen LogP contribution in [0.5, 0.6) is 0 Å². The Morgan fingerprint density at radius 3 is 1.75 bits per heavy atom. The summed E-state index contributed by atoms with van der Waals surface area (Å²) in [7, 11) is 0. The van der Waals surface area contributed by atoms with Gasteiger partial charge in [-0.15, -0.1) is 0 Å². The lowest BCUT2D eigenvalue weighted by molar-refractivity contribution is 0.669. The van der Waals surface area contributed by atoms with Crippen LogP contribution in [0.3, 0.4) is 0 Å². The molecule has 0 saturated carbocycles. The number of rotatable bonds is 6. The summed E-state index contributed by atoms with van der Waals surface area (Å²) in [6.07, 6.45) is 0. The van der Waals surface area contributed by atoms with Gasteiger partial charge in [-0.3, -0.25) is 0 Å². The number of para-hydroxylation sites is 1. The van der Waals surface area contributed by atoms with Crippen molar-refractivity contribution in [2.24, 2.45) is 0 Å². The van der Waals surface area contributed by atoms with Crippen LogP contribution in [-0.2, 0) is 0 Å². The zero-order valence-corrected chi connectivity index (χ0v) is 28.3. The molecule has 0 aliphatic heterocycles. The van der Waals surface area contributed by atoms with Crippen LogP contribution < -0.4 is 4.90 Å². The van der Waals surface area contributed by atoms with Gasteiger partial charge in [-0.1, -0.05) is 133 Å². The molecule has 0 amide bonds. The van der Waals surface area contributed by atoms with Gasteiger partial charge < -0.3 is 9.32 Å². The van der Waals surface area contributed by atoms with Crippen LogP contribution in [-0.4, -0.2) is 4.98 Å². The maximum atomic E-state index is 6.33. The number of anilines is 3. The van der Waals surface area contributed by atoms with Crippen LogP contribution in [0.1, 0.15) is 0 Å². The topological polar surface area (TPSA) is 29.3 Å². The molecular formula is C49H32N2O. The Labute approximate surface area is 301 Å². The lowest BCUT2D eigenvalue weighted by Gasteiger charge is -2.26. The predicted molar refractivity (Wildman–Crippen MR) is 218 cm³/mol. The number of nitrogens with zero attached hydrogens (tertiary/aromatic N) is 2. The standard InChI is InChI=1S/C49H32N2O/c1-2-10-33(11-3-1)37-15-8-16-38(30-37)34-20-24-40(25-21-34)51(41-26-22-36(23-27-41)44-18-9-14-35-12-4-6-17-43(35)44)42-28-29-47-45(32-42)49-48(52-47)31-39-13-5-7-19-46(39)50-49/h1-32H. The van der Waals surface area contributed by atoms with Crippen molar-refractivity contribution in [2.75, 3.05) is 4.90 Å². The number of hydrogen-bond donors (Lipinski definition) is 0. The Hall–Kier alpha value is -6.97. The number of aromatic nitrogens is 1. The average molecular weight is 665 g/mol. The summed E-state index contributed by atoms with van der Waals surface area (Å²) in [6, 6.07) is 68.8. The van der Waals surface area contributed by atoms with Gasteiger partial charge in [-0.05, 0) is 105 Å². The maximum absolute atomic E-state index is 6.33. The molecule has 10 rings (SSSR count). The van der Waals surface area contributed by atoms with E-state index in [9.17, 15) is 0 Å². The molecule has 0 radical (unpaired) electrons. The molecule has 2 aromatic heterocycles. The zero-order chi connectivity index (χ0) is 34.4. The molecule has 0 aliphatic rings. The average Bonchev–Trinajstić information content (AvgIpc) is 3.57. The smallest absolute Gasteiger partial charge is 0.154 e. The van der Waals surface area contributed by atoms with Gasteiger partial charge in [0.1, 0.15) is 11.1 Å². The zero-order valence-electron chi connectivity index (χ0n) is 28.3. The van der Waals surface area contributed by atoms with E-state index in [1.807, 2.05) is 12.1 Å². The van der Waals surface area contributed by atoms with E-state index in [4.69, 9.17) is 9.40 Å². The molecule has 0 N–H and O–H groups in total. The molecule has 244 valence electrons. The van der Waals surface area contributed by atoms with Crippen molar-refractivity contribution in [1.82, 2.24) is 4.98 Å². The first-order valence-electron chi connectivity index (χ1n) is 17.6. The molecule has 10 aromatic rings. The van der Waals surface area contributed by atoms with Crippen LogP contribution in [0, 0.1) is 0 Å². The molecule has 0 fully saturated rings. The van der Waals surface area contributed by atoms with Crippen molar-refractivity contribution in [2.45, 2.75) is 0 Å². The van der Waals surface area contributed by atoms with E-state index in [1.165, 1.54) is 44.2 Å². The van der Waals surface area contributed by atoms with Gasteiger partial charge in [0, 0.05) is 27.8 Å². The summed E-state index contributed by atoms with van der Waals surface area (Å²) >= 11 is 0. The van der Waals surface area contributed by atoms with Gasteiger partial charge in [-0.2, -0.15) is 0 Å². The first-order chi connectivity index (χ1) is 25.7. The van der Waals surface area contributed by atoms with Crippen LogP contribution in [0.25, 0.3) is 77.1 Å². The molecule has 3 heteroatoms. The van der Waals surface area contributed by atoms with Gasteiger partial charge in [-0.25, -0.2) is 4.98 Å². The van der Waals surface area contributed by atoms with Crippen LogP contribution in [0.2, 0.25) is 0 Å². The Balaban J connectivity index is 1.09. The van der Waals surface area contributed by atoms with E-state index in [0.29, 0.717) is 0 Å².